The van der Waals surface area contributed by atoms with E-state index in [4.69, 9.17) is 4.74 Å². The standard InChI is InChI=1S/C20H25N3O2/c1-3-25-19-18(7-4-11-22-19)20(24)23-13-5-6-17(23)9-8-16-10-12-21-15(2)14-16/h4,7,10-12,14,17H,3,5-6,8-9,13H2,1-2H3. The Kier molecular flexibility index (Phi) is 5.64. The Hall–Kier alpha value is -2.43. The fourth-order valence-corrected chi connectivity index (χ4v) is 3.46. The fraction of sp³-hybridized carbons (Fsp3) is 0.450. The van der Waals surface area contributed by atoms with Crippen LogP contribution in [0.4, 0.5) is 0 Å². The van der Waals surface area contributed by atoms with E-state index < -0.39 is 0 Å². The third-order valence-corrected chi connectivity index (χ3v) is 4.65. The Morgan fingerprint density at radius 2 is 2.20 bits per heavy atom. The molecule has 0 spiro atoms. The summed E-state index contributed by atoms with van der Waals surface area (Å²) in [4.78, 5) is 23.5. The number of carbonyl (C=O) groups is 1. The lowest BCUT2D eigenvalue weighted by Crippen LogP contribution is -2.36. The number of hydrogen-bond acceptors (Lipinski definition) is 4. The maximum absolute atomic E-state index is 13.0. The first kappa shape index (κ1) is 17.4. The number of likely N-dealkylation sites (tertiary alicyclic amines) is 1. The van der Waals surface area contributed by atoms with Crippen LogP contribution in [-0.2, 0) is 6.42 Å². The van der Waals surface area contributed by atoms with Gasteiger partial charge in [-0.1, -0.05) is 0 Å². The van der Waals surface area contributed by atoms with Crippen molar-refractivity contribution in [3.63, 3.8) is 0 Å². The molecule has 0 aliphatic carbocycles. The van der Waals surface area contributed by atoms with Crippen molar-refractivity contribution in [3.8, 4) is 5.88 Å². The van der Waals surface area contributed by atoms with Gasteiger partial charge in [-0.2, -0.15) is 0 Å². The summed E-state index contributed by atoms with van der Waals surface area (Å²) in [5.74, 6) is 0.468. The van der Waals surface area contributed by atoms with E-state index in [9.17, 15) is 4.79 Å². The zero-order valence-electron chi connectivity index (χ0n) is 14.9. The summed E-state index contributed by atoms with van der Waals surface area (Å²) in [5, 5.41) is 0. The normalized spacial score (nSPS) is 16.9. The van der Waals surface area contributed by atoms with Crippen molar-refractivity contribution in [3.05, 3.63) is 53.5 Å². The van der Waals surface area contributed by atoms with E-state index in [1.165, 1.54) is 5.56 Å². The SMILES string of the molecule is CCOc1ncccc1C(=O)N1CCCC1CCc1ccnc(C)c1. The predicted octanol–water partition coefficient (Wildman–Crippen LogP) is 3.42. The van der Waals surface area contributed by atoms with Gasteiger partial charge in [0, 0.05) is 30.7 Å². The van der Waals surface area contributed by atoms with Gasteiger partial charge in [-0.05, 0) is 69.4 Å². The second-order valence-corrected chi connectivity index (χ2v) is 6.43. The van der Waals surface area contributed by atoms with Crippen LogP contribution in [0.1, 0.15) is 47.8 Å². The minimum absolute atomic E-state index is 0.0324. The Morgan fingerprint density at radius 3 is 3.00 bits per heavy atom. The molecule has 1 unspecified atom stereocenters. The summed E-state index contributed by atoms with van der Waals surface area (Å²) in [7, 11) is 0. The number of pyridine rings is 2. The lowest BCUT2D eigenvalue weighted by molar-refractivity contribution is 0.0725. The molecule has 25 heavy (non-hydrogen) atoms. The Labute approximate surface area is 149 Å². The Morgan fingerprint density at radius 1 is 1.32 bits per heavy atom. The number of carbonyl (C=O) groups excluding carboxylic acids is 1. The molecule has 0 N–H and O–H groups in total. The molecule has 1 saturated heterocycles. The second-order valence-electron chi connectivity index (χ2n) is 6.43. The molecule has 5 heteroatoms. The number of ether oxygens (including phenoxy) is 1. The maximum Gasteiger partial charge on any atom is 0.259 e. The van der Waals surface area contributed by atoms with Crippen molar-refractivity contribution in [2.24, 2.45) is 0 Å². The Bertz CT molecular complexity index is 732. The molecule has 0 saturated carbocycles. The highest BCUT2D eigenvalue weighted by Crippen LogP contribution is 2.26. The Balaban J connectivity index is 1.70. The van der Waals surface area contributed by atoms with Gasteiger partial charge in [0.05, 0.1) is 6.61 Å². The third kappa shape index (κ3) is 4.16. The summed E-state index contributed by atoms with van der Waals surface area (Å²) in [6.07, 6.45) is 7.56. The van der Waals surface area contributed by atoms with Crippen LogP contribution in [-0.4, -0.2) is 40.0 Å². The monoisotopic (exact) mass is 339 g/mol. The number of nitrogens with zero attached hydrogens (tertiary/aromatic N) is 3. The molecule has 0 aromatic carbocycles. The molecule has 132 valence electrons. The minimum atomic E-state index is 0.0324. The average Bonchev–Trinajstić information content (AvgIpc) is 3.09. The molecule has 1 aliphatic heterocycles. The van der Waals surface area contributed by atoms with Crippen LogP contribution in [0.5, 0.6) is 5.88 Å². The smallest absolute Gasteiger partial charge is 0.259 e. The number of aryl methyl sites for hydroxylation is 2. The fourth-order valence-electron chi connectivity index (χ4n) is 3.46. The highest BCUT2D eigenvalue weighted by Gasteiger charge is 2.30. The molecule has 3 rings (SSSR count). The highest BCUT2D eigenvalue weighted by molar-refractivity contribution is 5.96. The van der Waals surface area contributed by atoms with Crippen molar-refractivity contribution in [1.29, 1.82) is 0 Å². The van der Waals surface area contributed by atoms with Crippen LogP contribution in [0, 0.1) is 6.92 Å². The van der Waals surface area contributed by atoms with E-state index in [2.05, 4.69) is 22.1 Å². The van der Waals surface area contributed by atoms with E-state index in [1.807, 2.05) is 31.0 Å². The molecule has 3 heterocycles. The lowest BCUT2D eigenvalue weighted by Gasteiger charge is -2.25. The minimum Gasteiger partial charge on any atom is -0.477 e. The van der Waals surface area contributed by atoms with Gasteiger partial charge in [-0.25, -0.2) is 4.98 Å². The van der Waals surface area contributed by atoms with Crippen molar-refractivity contribution in [1.82, 2.24) is 14.9 Å². The summed E-state index contributed by atoms with van der Waals surface area (Å²) < 4.78 is 5.53. The van der Waals surface area contributed by atoms with Gasteiger partial charge in [0.1, 0.15) is 5.56 Å². The number of amides is 1. The largest absolute Gasteiger partial charge is 0.477 e. The first-order chi connectivity index (χ1) is 12.2. The van der Waals surface area contributed by atoms with Gasteiger partial charge in [0.2, 0.25) is 5.88 Å². The summed E-state index contributed by atoms with van der Waals surface area (Å²) in [5.41, 5.74) is 2.88. The zero-order chi connectivity index (χ0) is 17.6. The molecule has 1 amide bonds. The summed E-state index contributed by atoms with van der Waals surface area (Å²) >= 11 is 0. The first-order valence-electron chi connectivity index (χ1n) is 8.99. The predicted molar refractivity (Wildman–Crippen MR) is 96.8 cm³/mol. The van der Waals surface area contributed by atoms with Crippen LogP contribution < -0.4 is 4.74 Å². The van der Waals surface area contributed by atoms with Crippen molar-refractivity contribution >= 4 is 5.91 Å². The third-order valence-electron chi connectivity index (χ3n) is 4.65. The van der Waals surface area contributed by atoms with Gasteiger partial charge in [0.15, 0.2) is 0 Å². The number of rotatable bonds is 6. The second kappa shape index (κ2) is 8.10. The average molecular weight is 339 g/mol. The highest BCUT2D eigenvalue weighted by atomic mass is 16.5. The molecule has 1 fully saturated rings. The van der Waals surface area contributed by atoms with E-state index in [0.717, 1.165) is 37.9 Å². The van der Waals surface area contributed by atoms with E-state index >= 15 is 0 Å². The van der Waals surface area contributed by atoms with Crippen LogP contribution >= 0.6 is 0 Å². The van der Waals surface area contributed by atoms with Crippen molar-refractivity contribution in [2.45, 2.75) is 45.6 Å². The lowest BCUT2D eigenvalue weighted by atomic mass is 10.0. The maximum atomic E-state index is 13.0. The topological polar surface area (TPSA) is 55.3 Å². The van der Waals surface area contributed by atoms with E-state index in [1.54, 1.807) is 12.3 Å². The van der Waals surface area contributed by atoms with Crippen molar-refractivity contribution in [2.75, 3.05) is 13.2 Å². The summed E-state index contributed by atoms with van der Waals surface area (Å²) in [6.45, 7) is 5.21. The quantitative estimate of drug-likeness (QED) is 0.809. The molecule has 2 aromatic rings. The molecule has 2 aromatic heterocycles. The molecule has 0 bridgehead atoms. The van der Waals surface area contributed by atoms with Gasteiger partial charge in [-0.15, -0.1) is 0 Å². The molecule has 5 nitrogen and oxygen atoms in total. The van der Waals surface area contributed by atoms with Crippen LogP contribution in [0.25, 0.3) is 0 Å². The molecule has 0 radical (unpaired) electrons. The molecule has 1 atom stereocenters. The zero-order valence-corrected chi connectivity index (χ0v) is 14.9. The van der Waals surface area contributed by atoms with Crippen LogP contribution in [0.2, 0.25) is 0 Å². The first-order valence-corrected chi connectivity index (χ1v) is 8.99. The summed E-state index contributed by atoms with van der Waals surface area (Å²) in [6, 6.07) is 8.05. The van der Waals surface area contributed by atoms with Crippen LogP contribution in [0.15, 0.2) is 36.7 Å². The van der Waals surface area contributed by atoms with Gasteiger partial charge < -0.3 is 9.64 Å². The molecular formula is C20H25N3O2. The van der Waals surface area contributed by atoms with Gasteiger partial charge >= 0.3 is 0 Å². The van der Waals surface area contributed by atoms with Gasteiger partial charge in [-0.3, -0.25) is 9.78 Å². The van der Waals surface area contributed by atoms with E-state index in [0.29, 0.717) is 18.1 Å². The number of hydrogen-bond donors (Lipinski definition) is 0. The van der Waals surface area contributed by atoms with Gasteiger partial charge in [0.25, 0.3) is 5.91 Å². The molecular weight excluding hydrogens is 314 g/mol. The molecule has 1 aliphatic rings. The van der Waals surface area contributed by atoms with E-state index in [-0.39, 0.29) is 11.9 Å². The number of aromatic nitrogens is 2. The van der Waals surface area contributed by atoms with Crippen LogP contribution in [0.3, 0.4) is 0 Å². The van der Waals surface area contributed by atoms with Crippen molar-refractivity contribution < 1.29 is 9.53 Å².